The molecule has 0 aromatic carbocycles. The largest absolute Gasteiger partial charge is 0.534 e. The van der Waals surface area contributed by atoms with Gasteiger partial charge in [0.2, 0.25) is 0 Å². The number of carboxylic acid groups (broad SMARTS) is 1. The van der Waals surface area contributed by atoms with E-state index in [2.05, 4.69) is 4.18 Å². The Morgan fingerprint density at radius 1 is 1.47 bits per heavy atom. The van der Waals surface area contributed by atoms with E-state index in [9.17, 15) is 31.5 Å². The number of halogens is 3. The van der Waals surface area contributed by atoms with Crippen LogP contribution in [0.15, 0.2) is 11.8 Å². The highest BCUT2D eigenvalue weighted by molar-refractivity contribution is 7.87. The molecule has 0 N–H and O–H groups in total. The van der Waals surface area contributed by atoms with E-state index >= 15 is 0 Å². The molecular formula is C9H9F3NO5S-. The highest BCUT2D eigenvalue weighted by Gasteiger charge is 2.49. The van der Waals surface area contributed by atoms with Crippen molar-refractivity contribution in [2.45, 2.75) is 24.4 Å². The molecule has 2 bridgehead atoms. The molecule has 0 saturated carbocycles. The van der Waals surface area contributed by atoms with Gasteiger partial charge in [-0.3, -0.25) is 0 Å². The fourth-order valence-electron chi connectivity index (χ4n) is 2.30. The Morgan fingerprint density at radius 3 is 2.63 bits per heavy atom. The zero-order chi connectivity index (χ0) is 14.4. The van der Waals surface area contributed by atoms with Gasteiger partial charge in [0.1, 0.15) is 11.9 Å². The van der Waals surface area contributed by atoms with Gasteiger partial charge in [-0.15, -0.1) is 0 Å². The number of amides is 1. The average Bonchev–Trinajstić information content (AvgIpc) is 2.51. The van der Waals surface area contributed by atoms with Crippen molar-refractivity contribution >= 4 is 16.2 Å². The van der Waals surface area contributed by atoms with Gasteiger partial charge < -0.3 is 19.0 Å². The van der Waals surface area contributed by atoms with Crippen LogP contribution >= 0.6 is 0 Å². The van der Waals surface area contributed by atoms with Gasteiger partial charge in [0.15, 0.2) is 0 Å². The molecule has 0 aromatic rings. The third kappa shape index (κ3) is 2.62. The van der Waals surface area contributed by atoms with Crippen LogP contribution in [0.2, 0.25) is 0 Å². The van der Waals surface area contributed by atoms with Crippen LogP contribution in [-0.2, 0) is 14.3 Å². The maximum Gasteiger partial charge on any atom is 0.534 e. The van der Waals surface area contributed by atoms with Gasteiger partial charge in [-0.05, 0) is 18.4 Å². The lowest BCUT2D eigenvalue weighted by atomic mass is 9.96. The topological polar surface area (TPSA) is 86.7 Å². The van der Waals surface area contributed by atoms with Crippen molar-refractivity contribution in [3.05, 3.63) is 11.8 Å². The van der Waals surface area contributed by atoms with Crippen LogP contribution in [0, 0.1) is 5.92 Å². The zero-order valence-electron chi connectivity index (χ0n) is 9.38. The highest BCUT2D eigenvalue weighted by Crippen LogP contribution is 2.37. The summed E-state index contributed by atoms with van der Waals surface area (Å²) in [6.07, 6.45) is 0.0101. The number of carbonyl (C=O) groups is 1. The molecule has 1 aliphatic carbocycles. The second-order valence-electron chi connectivity index (χ2n) is 4.39. The number of rotatable bonds is 2. The minimum atomic E-state index is -5.70. The average molecular weight is 300 g/mol. The number of alkyl halides is 3. The van der Waals surface area contributed by atoms with Crippen LogP contribution in [0.25, 0.3) is 0 Å². The summed E-state index contributed by atoms with van der Waals surface area (Å²) >= 11 is 0. The first-order valence-corrected chi connectivity index (χ1v) is 6.70. The highest BCUT2D eigenvalue weighted by atomic mass is 32.2. The van der Waals surface area contributed by atoms with Crippen LogP contribution in [0.1, 0.15) is 12.8 Å². The third-order valence-electron chi connectivity index (χ3n) is 3.04. The molecule has 1 heterocycles. The lowest BCUT2D eigenvalue weighted by molar-refractivity contribution is -0.266. The number of hydrogen-bond donors (Lipinski definition) is 0. The first-order valence-electron chi connectivity index (χ1n) is 5.29. The third-order valence-corrected chi connectivity index (χ3v) is 4.04. The number of nitrogens with zero attached hydrogens (tertiary/aromatic N) is 1. The van der Waals surface area contributed by atoms with E-state index in [0.717, 1.165) is 4.90 Å². The van der Waals surface area contributed by atoms with Crippen LogP contribution in [0.5, 0.6) is 0 Å². The van der Waals surface area contributed by atoms with E-state index in [1.54, 1.807) is 0 Å². The summed E-state index contributed by atoms with van der Waals surface area (Å²) in [7, 11) is -5.70. The molecule has 2 aliphatic rings. The molecule has 2 unspecified atom stereocenters. The molecular weight excluding hydrogens is 291 g/mol. The molecule has 10 heteroatoms. The van der Waals surface area contributed by atoms with E-state index < -0.39 is 27.8 Å². The van der Waals surface area contributed by atoms with Gasteiger partial charge in [-0.25, -0.2) is 0 Å². The van der Waals surface area contributed by atoms with Crippen LogP contribution in [-0.4, -0.2) is 37.5 Å². The van der Waals surface area contributed by atoms with E-state index in [-0.39, 0.29) is 24.6 Å². The normalized spacial score (nSPS) is 27.1. The van der Waals surface area contributed by atoms with Gasteiger partial charge in [0, 0.05) is 19.0 Å². The van der Waals surface area contributed by atoms with E-state index in [4.69, 9.17) is 0 Å². The molecule has 0 radical (unpaired) electrons. The Kier molecular flexibility index (Phi) is 3.15. The second kappa shape index (κ2) is 4.29. The van der Waals surface area contributed by atoms with Crippen molar-refractivity contribution in [3.8, 4) is 0 Å². The number of carbonyl (C=O) groups excluding carboxylic acids is 1. The van der Waals surface area contributed by atoms with Crippen molar-refractivity contribution in [2.75, 3.05) is 6.54 Å². The summed E-state index contributed by atoms with van der Waals surface area (Å²) in [4.78, 5) is 11.7. The van der Waals surface area contributed by atoms with Crippen molar-refractivity contribution in [2.24, 2.45) is 5.92 Å². The van der Waals surface area contributed by atoms with Crippen molar-refractivity contribution in [3.63, 3.8) is 0 Å². The molecule has 1 aliphatic heterocycles. The predicted octanol–water partition coefficient (Wildman–Crippen LogP) is 0.174. The smallest absolute Gasteiger partial charge is 0.530 e. The predicted molar refractivity (Wildman–Crippen MR) is 52.8 cm³/mol. The molecule has 1 saturated heterocycles. The quantitative estimate of drug-likeness (QED) is 0.536. The summed E-state index contributed by atoms with van der Waals surface area (Å²) < 4.78 is 62.1. The van der Waals surface area contributed by atoms with Crippen molar-refractivity contribution in [1.29, 1.82) is 0 Å². The molecule has 108 valence electrons. The number of hydrogen-bond acceptors (Lipinski definition) is 5. The molecule has 0 spiro atoms. The van der Waals surface area contributed by atoms with E-state index in [1.165, 1.54) is 6.08 Å². The minimum Gasteiger partial charge on any atom is -0.530 e. The molecule has 2 rings (SSSR count). The fourth-order valence-corrected chi connectivity index (χ4v) is 2.80. The maximum absolute atomic E-state index is 12.1. The standard InChI is InChI=1S/C9H10F3NO5S/c10-9(11,12)19(16,17)18-7-2-5-1-6(3-7)13(4-5)8(14)15/h2,5-6H,1,3-4H2,(H,14,15)/p-1. The molecule has 1 amide bonds. The lowest BCUT2D eigenvalue weighted by Gasteiger charge is -2.27. The molecule has 2 atom stereocenters. The first-order chi connectivity index (χ1) is 8.60. The summed E-state index contributed by atoms with van der Waals surface area (Å²) in [5, 5.41) is 10.7. The zero-order valence-corrected chi connectivity index (χ0v) is 10.2. The van der Waals surface area contributed by atoms with Gasteiger partial charge in [0.25, 0.3) is 0 Å². The first kappa shape index (κ1) is 14.0. The Balaban J connectivity index is 2.12. The summed E-state index contributed by atoms with van der Waals surface area (Å²) in [6.45, 7) is 0.0753. The monoisotopic (exact) mass is 300 g/mol. The number of fused-ring (bicyclic) bond motifs is 2. The van der Waals surface area contributed by atoms with Crippen molar-refractivity contribution < 1.29 is 35.7 Å². The Morgan fingerprint density at radius 2 is 2.11 bits per heavy atom. The van der Waals surface area contributed by atoms with Crippen LogP contribution in [0.3, 0.4) is 0 Å². The number of likely N-dealkylation sites (tertiary alicyclic amines) is 1. The van der Waals surface area contributed by atoms with Gasteiger partial charge >= 0.3 is 15.6 Å². The van der Waals surface area contributed by atoms with Gasteiger partial charge in [-0.2, -0.15) is 21.6 Å². The van der Waals surface area contributed by atoms with Gasteiger partial charge in [0.05, 0.1) is 0 Å². The van der Waals surface area contributed by atoms with Crippen LogP contribution < -0.4 is 5.11 Å². The molecule has 1 fully saturated rings. The molecule has 19 heavy (non-hydrogen) atoms. The van der Waals surface area contributed by atoms with Crippen molar-refractivity contribution in [1.82, 2.24) is 4.90 Å². The Hall–Kier alpha value is -1.45. The minimum absolute atomic E-state index is 0.0753. The van der Waals surface area contributed by atoms with E-state index in [0.29, 0.717) is 6.42 Å². The lowest BCUT2D eigenvalue weighted by Crippen LogP contribution is -2.44. The summed E-state index contributed by atoms with van der Waals surface area (Å²) in [6, 6.07) is -0.599. The Labute approximate surface area is 106 Å². The SMILES string of the molecule is O=C([O-])N1CC2C=C(OS(=O)(=O)C(F)(F)F)CC1C2. The van der Waals surface area contributed by atoms with Crippen LogP contribution in [0.4, 0.5) is 18.0 Å². The fraction of sp³-hybridized carbons (Fsp3) is 0.667. The summed E-state index contributed by atoms with van der Waals surface area (Å²) in [5.74, 6) is -0.725. The summed E-state index contributed by atoms with van der Waals surface area (Å²) in [5.41, 5.74) is -5.50. The van der Waals surface area contributed by atoms with Gasteiger partial charge in [-0.1, -0.05) is 0 Å². The molecule has 6 nitrogen and oxygen atoms in total. The van der Waals surface area contributed by atoms with E-state index in [1.807, 2.05) is 0 Å². The maximum atomic E-state index is 12.1. The Bertz CT molecular complexity index is 526. The second-order valence-corrected chi connectivity index (χ2v) is 5.93. The molecule has 0 aromatic heterocycles.